The van der Waals surface area contributed by atoms with Crippen molar-refractivity contribution in [3.63, 3.8) is 0 Å². The van der Waals surface area contributed by atoms with E-state index in [1.807, 2.05) is 36.5 Å². The van der Waals surface area contributed by atoms with Crippen LogP contribution < -0.4 is 9.47 Å². The molecule has 0 saturated carbocycles. The van der Waals surface area contributed by atoms with Crippen molar-refractivity contribution in [2.75, 3.05) is 39.3 Å². The Morgan fingerprint density at radius 1 is 0.867 bits per heavy atom. The van der Waals surface area contributed by atoms with Crippen molar-refractivity contribution < 1.29 is 22.6 Å². The molecule has 0 unspecified atom stereocenters. The van der Waals surface area contributed by atoms with Gasteiger partial charge in [-0.15, -0.1) is 38.0 Å². The molecular formula is C21H25Cl2F3N2O2. The van der Waals surface area contributed by atoms with Crippen LogP contribution in [-0.2, 0) is 0 Å². The summed E-state index contributed by atoms with van der Waals surface area (Å²) in [5, 5.41) is 0. The van der Waals surface area contributed by atoms with Gasteiger partial charge in [0.25, 0.3) is 0 Å². The molecule has 3 rings (SSSR count). The fraction of sp³-hybridized carbons (Fsp3) is 0.333. The minimum Gasteiger partial charge on any atom is -0.492 e. The Hall–Kier alpha value is -2.09. The van der Waals surface area contributed by atoms with E-state index >= 15 is 0 Å². The summed E-state index contributed by atoms with van der Waals surface area (Å²) < 4.78 is 47.3. The lowest BCUT2D eigenvalue weighted by Crippen LogP contribution is -2.45. The zero-order valence-electron chi connectivity index (χ0n) is 16.3. The summed E-state index contributed by atoms with van der Waals surface area (Å²) in [6.45, 7) is 4.84. The summed E-state index contributed by atoms with van der Waals surface area (Å²) >= 11 is 0. The molecule has 9 heteroatoms. The Kier molecular flexibility index (Phi) is 10.9. The second-order valence-corrected chi connectivity index (χ2v) is 6.44. The third-order valence-corrected chi connectivity index (χ3v) is 4.44. The van der Waals surface area contributed by atoms with Gasteiger partial charge in [-0.05, 0) is 30.5 Å². The quantitative estimate of drug-likeness (QED) is 0.569. The number of nitrogens with zero attached hydrogens (tertiary/aromatic N) is 2. The second kappa shape index (κ2) is 12.6. The molecule has 2 aromatic carbocycles. The molecule has 4 nitrogen and oxygen atoms in total. The van der Waals surface area contributed by atoms with Gasteiger partial charge in [-0.2, -0.15) is 0 Å². The van der Waals surface area contributed by atoms with E-state index in [4.69, 9.17) is 4.74 Å². The van der Waals surface area contributed by atoms with E-state index < -0.39 is 6.36 Å². The van der Waals surface area contributed by atoms with Crippen molar-refractivity contribution in [2.45, 2.75) is 6.36 Å². The molecular weight excluding hydrogens is 440 g/mol. The van der Waals surface area contributed by atoms with E-state index in [0.29, 0.717) is 12.2 Å². The Labute approximate surface area is 187 Å². The van der Waals surface area contributed by atoms with Crippen molar-refractivity contribution in [1.29, 1.82) is 0 Å². The second-order valence-electron chi connectivity index (χ2n) is 6.44. The van der Waals surface area contributed by atoms with Gasteiger partial charge in [-0.3, -0.25) is 4.90 Å². The minimum absolute atomic E-state index is 0. The van der Waals surface area contributed by atoms with Crippen LogP contribution in [0.2, 0.25) is 0 Å². The van der Waals surface area contributed by atoms with Crippen molar-refractivity contribution in [3.05, 3.63) is 66.4 Å². The third kappa shape index (κ3) is 8.73. The van der Waals surface area contributed by atoms with Crippen molar-refractivity contribution in [1.82, 2.24) is 9.80 Å². The summed E-state index contributed by atoms with van der Waals surface area (Å²) in [5.74, 6) is 0.673. The highest BCUT2D eigenvalue weighted by atomic mass is 35.5. The van der Waals surface area contributed by atoms with Crippen LogP contribution in [0, 0.1) is 0 Å². The fourth-order valence-electron chi connectivity index (χ4n) is 2.97. The summed E-state index contributed by atoms with van der Waals surface area (Å²) in [6, 6.07) is 15.8. The molecule has 0 aromatic heterocycles. The van der Waals surface area contributed by atoms with Gasteiger partial charge in [-0.1, -0.05) is 36.4 Å². The van der Waals surface area contributed by atoms with Crippen LogP contribution in [0.5, 0.6) is 11.5 Å². The predicted octanol–water partition coefficient (Wildman–Crippen LogP) is 5.10. The predicted molar refractivity (Wildman–Crippen MR) is 117 cm³/mol. The molecule has 0 atom stereocenters. The van der Waals surface area contributed by atoms with Crippen LogP contribution in [0.3, 0.4) is 0 Å². The first-order valence-electron chi connectivity index (χ1n) is 9.17. The molecule has 0 aliphatic carbocycles. The van der Waals surface area contributed by atoms with Gasteiger partial charge >= 0.3 is 6.36 Å². The van der Waals surface area contributed by atoms with Crippen LogP contribution in [0.4, 0.5) is 13.2 Å². The number of rotatable bonds is 7. The van der Waals surface area contributed by atoms with E-state index in [9.17, 15) is 13.2 Å². The zero-order valence-corrected chi connectivity index (χ0v) is 17.9. The van der Waals surface area contributed by atoms with Gasteiger partial charge in [-0.25, -0.2) is 0 Å². The summed E-state index contributed by atoms with van der Waals surface area (Å²) in [6.07, 6.45) is -1.21. The SMILES string of the molecule is Cl.Cl.FC(F)(F)Oc1ccccc1C=CN1CCN(CCOc2ccccc2)CC1. The van der Waals surface area contributed by atoms with Gasteiger partial charge in [0.05, 0.1) is 0 Å². The lowest BCUT2D eigenvalue weighted by Gasteiger charge is -2.34. The number of alkyl halides is 3. The number of ether oxygens (including phenoxy) is 2. The summed E-state index contributed by atoms with van der Waals surface area (Å²) in [5.41, 5.74) is 0.401. The first kappa shape index (κ1) is 25.9. The van der Waals surface area contributed by atoms with Gasteiger partial charge in [0.1, 0.15) is 18.1 Å². The lowest BCUT2D eigenvalue weighted by molar-refractivity contribution is -0.274. The molecule has 2 aromatic rings. The molecule has 0 radical (unpaired) electrons. The summed E-state index contributed by atoms with van der Waals surface area (Å²) in [4.78, 5) is 4.41. The highest BCUT2D eigenvalue weighted by Crippen LogP contribution is 2.27. The monoisotopic (exact) mass is 464 g/mol. The Morgan fingerprint density at radius 2 is 1.50 bits per heavy atom. The maximum Gasteiger partial charge on any atom is 0.573 e. The molecule has 0 N–H and O–H groups in total. The number of benzene rings is 2. The highest BCUT2D eigenvalue weighted by molar-refractivity contribution is 5.85. The van der Waals surface area contributed by atoms with E-state index in [-0.39, 0.29) is 30.6 Å². The van der Waals surface area contributed by atoms with Gasteiger partial charge in [0.15, 0.2) is 0 Å². The Balaban J connectivity index is 0.00000225. The number of hydrogen-bond acceptors (Lipinski definition) is 4. The molecule has 1 heterocycles. The fourth-order valence-corrected chi connectivity index (χ4v) is 2.97. The number of halogens is 5. The average molecular weight is 465 g/mol. The average Bonchev–Trinajstić information content (AvgIpc) is 2.68. The minimum atomic E-state index is -4.70. The van der Waals surface area contributed by atoms with E-state index in [0.717, 1.165) is 38.5 Å². The van der Waals surface area contributed by atoms with Crippen LogP contribution in [0.25, 0.3) is 6.08 Å². The third-order valence-electron chi connectivity index (χ3n) is 4.44. The molecule has 166 valence electrons. The van der Waals surface area contributed by atoms with Gasteiger partial charge in [0.2, 0.25) is 0 Å². The standard InChI is InChI=1S/C21H23F3N2O2.2ClH/c22-21(23,24)28-20-9-5-4-6-18(20)10-11-25-12-14-26(15-13-25)16-17-27-19-7-2-1-3-8-19;;/h1-11H,12-17H2;2*1H. The van der Waals surface area contributed by atoms with E-state index in [1.165, 1.54) is 12.1 Å². The molecule has 1 aliphatic heterocycles. The molecule has 30 heavy (non-hydrogen) atoms. The highest BCUT2D eigenvalue weighted by Gasteiger charge is 2.31. The maximum absolute atomic E-state index is 12.5. The Morgan fingerprint density at radius 3 is 2.17 bits per heavy atom. The maximum atomic E-state index is 12.5. The normalized spacial score (nSPS) is 14.7. The largest absolute Gasteiger partial charge is 0.573 e. The molecule has 0 amide bonds. The van der Waals surface area contributed by atoms with E-state index in [2.05, 4.69) is 14.5 Å². The molecule has 1 fully saturated rings. The smallest absolute Gasteiger partial charge is 0.492 e. The molecule has 0 spiro atoms. The first-order chi connectivity index (χ1) is 13.5. The Bertz CT molecular complexity index is 768. The summed E-state index contributed by atoms with van der Waals surface area (Å²) in [7, 11) is 0. The van der Waals surface area contributed by atoms with Crippen LogP contribution >= 0.6 is 24.8 Å². The van der Waals surface area contributed by atoms with Crippen LogP contribution in [0.1, 0.15) is 5.56 Å². The molecule has 0 bridgehead atoms. The van der Waals surface area contributed by atoms with Crippen molar-refractivity contribution in [2.24, 2.45) is 0 Å². The number of piperazine rings is 1. The van der Waals surface area contributed by atoms with Crippen LogP contribution in [-0.4, -0.2) is 55.5 Å². The number of hydrogen-bond donors (Lipinski definition) is 0. The van der Waals surface area contributed by atoms with Gasteiger partial charge < -0.3 is 14.4 Å². The van der Waals surface area contributed by atoms with Crippen LogP contribution in [0.15, 0.2) is 60.8 Å². The van der Waals surface area contributed by atoms with Gasteiger partial charge in [0, 0.05) is 38.3 Å². The zero-order chi connectivity index (χ0) is 19.8. The first-order valence-corrected chi connectivity index (χ1v) is 9.17. The molecule has 1 aliphatic rings. The number of para-hydroxylation sites is 2. The van der Waals surface area contributed by atoms with E-state index in [1.54, 1.807) is 18.2 Å². The van der Waals surface area contributed by atoms with Crippen molar-refractivity contribution >= 4 is 30.9 Å². The van der Waals surface area contributed by atoms with Crippen molar-refractivity contribution in [3.8, 4) is 11.5 Å². The lowest BCUT2D eigenvalue weighted by atomic mass is 10.2. The topological polar surface area (TPSA) is 24.9 Å². The molecule has 1 saturated heterocycles.